The van der Waals surface area contributed by atoms with Gasteiger partial charge >= 0.3 is 0 Å². The molecule has 0 spiro atoms. The minimum absolute atomic E-state index is 0. The number of nitrogens with one attached hydrogen (secondary N) is 2. The van der Waals surface area contributed by atoms with Gasteiger partial charge in [-0.1, -0.05) is 6.07 Å². The van der Waals surface area contributed by atoms with Crippen molar-refractivity contribution in [2.75, 3.05) is 53.0 Å². The lowest BCUT2D eigenvalue weighted by atomic mass is 10.2. The highest BCUT2D eigenvalue weighted by molar-refractivity contribution is 14.0. The molecule has 1 aliphatic rings. The zero-order valence-corrected chi connectivity index (χ0v) is 17.1. The molecule has 26 heavy (non-hydrogen) atoms. The summed E-state index contributed by atoms with van der Waals surface area (Å²) in [6.07, 6.45) is -1.02. The van der Waals surface area contributed by atoms with E-state index < -0.39 is 13.0 Å². The van der Waals surface area contributed by atoms with E-state index in [1.807, 2.05) is 0 Å². The fourth-order valence-electron chi connectivity index (χ4n) is 2.39. The molecule has 0 unspecified atom stereocenters. The largest absolute Gasteiger partial charge is 0.471 e. The first-order valence-electron chi connectivity index (χ1n) is 8.28. The van der Waals surface area contributed by atoms with Crippen LogP contribution in [-0.4, -0.2) is 75.3 Å². The summed E-state index contributed by atoms with van der Waals surface area (Å²) >= 11 is 0. The van der Waals surface area contributed by atoms with Crippen LogP contribution in [-0.2, 0) is 11.3 Å². The Balaban J connectivity index is 0.00000338. The van der Waals surface area contributed by atoms with E-state index in [2.05, 4.69) is 25.5 Å². The molecule has 1 aromatic heterocycles. The molecule has 2 rings (SSSR count). The second kappa shape index (κ2) is 13.0. The second-order valence-electron chi connectivity index (χ2n) is 5.48. The first-order valence-corrected chi connectivity index (χ1v) is 8.28. The van der Waals surface area contributed by atoms with Crippen molar-refractivity contribution in [1.29, 1.82) is 0 Å². The third-order valence-corrected chi connectivity index (χ3v) is 3.69. The minimum atomic E-state index is -2.53. The summed E-state index contributed by atoms with van der Waals surface area (Å²) in [7, 11) is 1.68. The molecule has 0 bridgehead atoms. The van der Waals surface area contributed by atoms with Gasteiger partial charge in [-0.05, 0) is 6.07 Å². The van der Waals surface area contributed by atoms with Crippen LogP contribution in [0, 0.1) is 0 Å². The second-order valence-corrected chi connectivity index (χ2v) is 5.48. The molecule has 0 radical (unpaired) electrons. The lowest BCUT2D eigenvalue weighted by Crippen LogP contribution is -2.44. The topological polar surface area (TPSA) is 71.0 Å². The van der Waals surface area contributed by atoms with Crippen molar-refractivity contribution in [2.24, 2.45) is 4.99 Å². The minimum Gasteiger partial charge on any atom is -0.471 e. The molecule has 1 aliphatic heterocycles. The highest BCUT2D eigenvalue weighted by Crippen LogP contribution is 2.14. The maximum atomic E-state index is 12.3. The Morgan fingerprint density at radius 3 is 2.85 bits per heavy atom. The molecule has 0 amide bonds. The summed E-state index contributed by atoms with van der Waals surface area (Å²) in [4.78, 5) is 10.5. The van der Waals surface area contributed by atoms with Crippen LogP contribution in [0.15, 0.2) is 23.3 Å². The van der Waals surface area contributed by atoms with Crippen LogP contribution in [0.4, 0.5) is 8.78 Å². The SMILES string of the molecule is CN=C(NCCN1CCOCC1)NCc1cccnc1OCC(F)F.I. The molecule has 10 heteroatoms. The summed E-state index contributed by atoms with van der Waals surface area (Å²) < 4.78 is 35.0. The van der Waals surface area contributed by atoms with Crippen molar-refractivity contribution < 1.29 is 18.3 Å². The Morgan fingerprint density at radius 2 is 2.15 bits per heavy atom. The molecule has 0 atom stereocenters. The molecule has 0 saturated carbocycles. The Morgan fingerprint density at radius 1 is 1.38 bits per heavy atom. The number of rotatable bonds is 8. The van der Waals surface area contributed by atoms with Crippen LogP contribution in [0.1, 0.15) is 5.56 Å². The van der Waals surface area contributed by atoms with Gasteiger partial charge in [0.1, 0.15) is 0 Å². The van der Waals surface area contributed by atoms with E-state index in [0.29, 0.717) is 18.1 Å². The number of alkyl halides is 2. The van der Waals surface area contributed by atoms with Crippen LogP contribution >= 0.6 is 24.0 Å². The summed E-state index contributed by atoms with van der Waals surface area (Å²) in [5, 5.41) is 6.37. The van der Waals surface area contributed by atoms with Gasteiger partial charge in [-0.15, -0.1) is 24.0 Å². The number of nitrogens with zero attached hydrogens (tertiary/aromatic N) is 3. The van der Waals surface area contributed by atoms with E-state index in [9.17, 15) is 8.78 Å². The van der Waals surface area contributed by atoms with Crippen molar-refractivity contribution in [3.63, 3.8) is 0 Å². The quantitative estimate of drug-likeness (QED) is 0.329. The average molecular weight is 485 g/mol. The summed E-state index contributed by atoms with van der Waals surface area (Å²) in [6.45, 7) is 4.79. The van der Waals surface area contributed by atoms with Gasteiger partial charge in [-0.2, -0.15) is 0 Å². The van der Waals surface area contributed by atoms with Gasteiger partial charge in [0.05, 0.1) is 13.2 Å². The first-order chi connectivity index (χ1) is 12.2. The Bertz CT molecular complexity index is 545. The van der Waals surface area contributed by atoms with E-state index in [1.165, 1.54) is 6.20 Å². The predicted octanol–water partition coefficient (Wildman–Crippen LogP) is 1.34. The van der Waals surface area contributed by atoms with Gasteiger partial charge in [0.25, 0.3) is 6.43 Å². The number of hydrogen-bond donors (Lipinski definition) is 2. The van der Waals surface area contributed by atoms with E-state index in [-0.39, 0.29) is 29.9 Å². The Labute approximate surface area is 169 Å². The first kappa shape index (κ1) is 22.8. The number of hydrogen-bond acceptors (Lipinski definition) is 5. The summed E-state index contributed by atoms with van der Waals surface area (Å²) in [5.41, 5.74) is 0.694. The van der Waals surface area contributed by atoms with Crippen molar-refractivity contribution in [3.05, 3.63) is 23.9 Å². The third-order valence-electron chi connectivity index (χ3n) is 3.69. The van der Waals surface area contributed by atoms with E-state index in [1.54, 1.807) is 19.2 Å². The van der Waals surface area contributed by atoms with Crippen molar-refractivity contribution >= 4 is 29.9 Å². The Kier molecular flexibility index (Phi) is 11.4. The van der Waals surface area contributed by atoms with Crippen LogP contribution in [0.2, 0.25) is 0 Å². The monoisotopic (exact) mass is 485 g/mol. The molecule has 0 aromatic carbocycles. The van der Waals surface area contributed by atoms with E-state index in [0.717, 1.165) is 39.4 Å². The lowest BCUT2D eigenvalue weighted by molar-refractivity contribution is 0.0389. The molecular formula is C16H26F2IN5O2. The fourth-order valence-corrected chi connectivity index (χ4v) is 2.39. The molecule has 7 nitrogen and oxygen atoms in total. The number of morpholine rings is 1. The molecule has 0 aliphatic carbocycles. The van der Waals surface area contributed by atoms with Crippen molar-refractivity contribution in [3.8, 4) is 5.88 Å². The molecule has 1 aromatic rings. The molecule has 148 valence electrons. The molecular weight excluding hydrogens is 459 g/mol. The standard InChI is InChI=1S/C16H25F2N5O2.HI/c1-19-16(21-5-6-23-7-9-24-10-8-23)22-11-13-3-2-4-20-15(13)25-12-14(17)18;/h2-4,14H,5-12H2,1H3,(H2,19,21,22);1H. The molecule has 1 fully saturated rings. The zero-order chi connectivity index (χ0) is 17.9. The van der Waals surface area contributed by atoms with Gasteiger partial charge in [0, 0.05) is 51.5 Å². The van der Waals surface area contributed by atoms with Gasteiger partial charge in [0.2, 0.25) is 5.88 Å². The number of aromatic nitrogens is 1. The lowest BCUT2D eigenvalue weighted by Gasteiger charge is -2.26. The maximum absolute atomic E-state index is 12.3. The number of halogens is 3. The van der Waals surface area contributed by atoms with Crippen molar-refractivity contribution in [1.82, 2.24) is 20.5 Å². The van der Waals surface area contributed by atoms with Crippen molar-refractivity contribution in [2.45, 2.75) is 13.0 Å². The molecule has 1 saturated heterocycles. The van der Waals surface area contributed by atoms with Gasteiger partial charge in [0.15, 0.2) is 12.6 Å². The van der Waals surface area contributed by atoms with Crippen LogP contribution < -0.4 is 15.4 Å². The van der Waals surface area contributed by atoms with Crippen LogP contribution in [0.25, 0.3) is 0 Å². The smallest absolute Gasteiger partial charge is 0.272 e. The summed E-state index contributed by atoms with van der Waals surface area (Å²) in [6, 6.07) is 3.52. The fraction of sp³-hybridized carbons (Fsp3) is 0.625. The van der Waals surface area contributed by atoms with E-state index >= 15 is 0 Å². The van der Waals surface area contributed by atoms with Crippen LogP contribution in [0.3, 0.4) is 0 Å². The maximum Gasteiger partial charge on any atom is 0.272 e. The number of pyridine rings is 1. The normalized spacial score (nSPS) is 15.5. The van der Waals surface area contributed by atoms with Gasteiger partial charge < -0.3 is 20.1 Å². The number of ether oxygens (including phenoxy) is 2. The molecule has 2 heterocycles. The zero-order valence-electron chi connectivity index (χ0n) is 14.8. The third kappa shape index (κ3) is 8.41. The van der Waals surface area contributed by atoms with Gasteiger partial charge in [-0.3, -0.25) is 9.89 Å². The average Bonchev–Trinajstić information content (AvgIpc) is 2.64. The van der Waals surface area contributed by atoms with Gasteiger partial charge in [-0.25, -0.2) is 13.8 Å². The molecule has 2 N–H and O–H groups in total. The highest BCUT2D eigenvalue weighted by atomic mass is 127. The number of aliphatic imine (C=N–C) groups is 1. The van der Waals surface area contributed by atoms with E-state index in [4.69, 9.17) is 9.47 Å². The summed E-state index contributed by atoms with van der Waals surface area (Å²) in [5.74, 6) is 0.844. The van der Waals surface area contributed by atoms with Crippen LogP contribution in [0.5, 0.6) is 5.88 Å². The number of guanidine groups is 1. The highest BCUT2D eigenvalue weighted by Gasteiger charge is 2.11. The predicted molar refractivity (Wildman–Crippen MR) is 107 cm³/mol. The Hall–Kier alpha value is -1.27.